The van der Waals surface area contributed by atoms with Crippen molar-refractivity contribution in [1.82, 2.24) is 4.57 Å². The van der Waals surface area contributed by atoms with Crippen molar-refractivity contribution in [2.45, 2.75) is 70.3 Å². The minimum absolute atomic E-state index is 0.123. The largest absolute Gasteiger partial charge is 0.461 e. The Morgan fingerprint density at radius 3 is 2.23 bits per heavy atom. The Kier molecular flexibility index (Phi) is 7.06. The van der Waals surface area contributed by atoms with E-state index in [2.05, 4.69) is 71.1 Å². The van der Waals surface area contributed by atoms with Gasteiger partial charge in [-0.1, -0.05) is 72.9 Å². The normalized spacial score (nSPS) is 18.1. The first-order chi connectivity index (χ1) is 16.4. The zero-order chi connectivity index (χ0) is 25.4. The van der Waals surface area contributed by atoms with E-state index in [1.165, 1.54) is 5.19 Å². The second-order valence-electron chi connectivity index (χ2n) is 11.4. The van der Waals surface area contributed by atoms with E-state index in [1.807, 2.05) is 41.9 Å². The van der Waals surface area contributed by atoms with Crippen LogP contribution in [0.5, 0.6) is 0 Å². The second-order valence-corrected chi connectivity index (χ2v) is 16.2. The van der Waals surface area contributed by atoms with Gasteiger partial charge in [-0.15, -0.1) is 0 Å². The summed E-state index contributed by atoms with van der Waals surface area (Å²) in [6.07, 6.45) is 0.690. The third kappa shape index (κ3) is 5.27. The molecule has 0 aliphatic carbocycles. The van der Waals surface area contributed by atoms with Crippen molar-refractivity contribution in [1.29, 1.82) is 0 Å². The first kappa shape index (κ1) is 25.7. The van der Waals surface area contributed by atoms with Crippen molar-refractivity contribution in [3.8, 4) is 0 Å². The van der Waals surface area contributed by atoms with Crippen LogP contribution in [0.4, 0.5) is 0 Å². The summed E-state index contributed by atoms with van der Waals surface area (Å²) in [5, 5.41) is 2.45. The molecule has 1 atom stereocenters. The van der Waals surface area contributed by atoms with Gasteiger partial charge in [0.2, 0.25) is 0 Å². The van der Waals surface area contributed by atoms with Crippen molar-refractivity contribution < 1.29 is 18.8 Å². The van der Waals surface area contributed by atoms with Gasteiger partial charge >= 0.3 is 13.1 Å². The van der Waals surface area contributed by atoms with E-state index in [1.54, 1.807) is 0 Å². The molecule has 0 unspecified atom stereocenters. The molecule has 1 fully saturated rings. The number of aromatic nitrogens is 1. The predicted molar refractivity (Wildman–Crippen MR) is 146 cm³/mol. The van der Waals surface area contributed by atoms with Crippen LogP contribution in [0.25, 0.3) is 10.9 Å². The maximum absolute atomic E-state index is 13.0. The summed E-state index contributed by atoms with van der Waals surface area (Å²) in [7, 11) is -0.204. The molecule has 1 aliphatic rings. The minimum Gasteiger partial charge on any atom is -0.461 e. The van der Waals surface area contributed by atoms with Crippen LogP contribution < -0.4 is 5.19 Å². The van der Waals surface area contributed by atoms with Crippen molar-refractivity contribution in [2.75, 3.05) is 6.61 Å². The first-order valence-electron chi connectivity index (χ1n) is 12.5. The van der Waals surface area contributed by atoms with Crippen LogP contribution in [0.2, 0.25) is 25.0 Å². The molecule has 0 saturated carbocycles. The number of carbonyl (C=O) groups is 1. The number of hydrogen-bond acceptors (Lipinski definition) is 4. The zero-order valence-electron chi connectivity index (χ0n) is 22.1. The fourth-order valence-corrected chi connectivity index (χ4v) is 7.98. The number of aryl methyl sites for hydroxylation is 1. The van der Waals surface area contributed by atoms with Gasteiger partial charge < -0.3 is 18.6 Å². The number of nitrogens with zero attached hydrogens (tertiary/aromatic N) is 1. The van der Waals surface area contributed by atoms with Crippen LogP contribution in [0, 0.1) is 0 Å². The minimum atomic E-state index is -1.78. The van der Waals surface area contributed by atoms with E-state index >= 15 is 0 Å². The number of carbonyl (C=O) groups excluding carboxylic acids is 1. The van der Waals surface area contributed by atoms with E-state index in [-0.39, 0.29) is 18.9 Å². The lowest BCUT2D eigenvalue weighted by Gasteiger charge is -2.32. The van der Waals surface area contributed by atoms with Crippen LogP contribution >= 0.6 is 0 Å². The van der Waals surface area contributed by atoms with Gasteiger partial charge in [0.15, 0.2) is 0 Å². The van der Waals surface area contributed by atoms with E-state index in [0.717, 1.165) is 16.9 Å². The van der Waals surface area contributed by atoms with E-state index in [4.69, 9.17) is 14.0 Å². The Labute approximate surface area is 210 Å². The lowest BCUT2D eigenvalue weighted by atomic mass is 9.71. The van der Waals surface area contributed by atoms with E-state index < -0.39 is 19.3 Å². The Hall–Kier alpha value is -2.35. The van der Waals surface area contributed by atoms with E-state index in [0.29, 0.717) is 18.7 Å². The molecule has 1 aliphatic heterocycles. The molecule has 7 heteroatoms. The van der Waals surface area contributed by atoms with Crippen LogP contribution in [-0.2, 0) is 21.1 Å². The second kappa shape index (κ2) is 9.60. The number of ether oxygens (including phenoxy) is 1. The smallest absolute Gasteiger partial charge is 0.461 e. The van der Waals surface area contributed by atoms with Crippen LogP contribution in [0.3, 0.4) is 0 Å². The highest BCUT2D eigenvalue weighted by Gasteiger charge is 2.54. The zero-order valence-corrected chi connectivity index (χ0v) is 23.1. The molecule has 0 bridgehead atoms. The summed E-state index contributed by atoms with van der Waals surface area (Å²) in [6.45, 7) is 13.5. The van der Waals surface area contributed by atoms with Crippen molar-refractivity contribution >= 4 is 37.3 Å². The van der Waals surface area contributed by atoms with Crippen molar-refractivity contribution in [3.05, 3.63) is 66.4 Å². The predicted octanol–water partition coefficient (Wildman–Crippen LogP) is 5.80. The van der Waals surface area contributed by atoms with Gasteiger partial charge in [-0.2, -0.15) is 0 Å². The molecule has 0 amide bonds. The molecule has 35 heavy (non-hydrogen) atoms. The number of rotatable bonds is 8. The maximum Gasteiger partial charge on any atom is 0.461 e. The van der Waals surface area contributed by atoms with Gasteiger partial charge in [0.25, 0.3) is 0 Å². The number of fused-ring (bicyclic) bond motifs is 1. The number of para-hydroxylation sites is 1. The average Bonchev–Trinajstić information content (AvgIpc) is 3.25. The Balaban J connectivity index is 1.49. The topological polar surface area (TPSA) is 49.7 Å². The third-order valence-electron chi connectivity index (χ3n) is 7.87. The van der Waals surface area contributed by atoms with Gasteiger partial charge in [-0.3, -0.25) is 0 Å². The molecule has 1 aromatic heterocycles. The van der Waals surface area contributed by atoms with E-state index in [9.17, 15) is 4.79 Å². The van der Waals surface area contributed by atoms with Crippen LogP contribution in [0.15, 0.2) is 60.7 Å². The summed E-state index contributed by atoms with van der Waals surface area (Å²) < 4.78 is 20.6. The summed E-state index contributed by atoms with van der Waals surface area (Å²) in [5.41, 5.74) is 0.796. The van der Waals surface area contributed by atoms with Gasteiger partial charge in [0.1, 0.15) is 5.69 Å². The molecule has 2 aromatic carbocycles. The molecule has 1 saturated heterocycles. The molecular formula is C28H38BNO4Si. The number of esters is 1. The van der Waals surface area contributed by atoms with Crippen LogP contribution in [-0.4, -0.2) is 43.5 Å². The molecule has 186 valence electrons. The fourth-order valence-electron chi connectivity index (χ4n) is 4.94. The Morgan fingerprint density at radius 2 is 1.60 bits per heavy atom. The lowest BCUT2D eigenvalue weighted by molar-refractivity contribution is 0.00578. The van der Waals surface area contributed by atoms with Gasteiger partial charge in [-0.05, 0) is 52.1 Å². The highest BCUT2D eigenvalue weighted by Crippen LogP contribution is 2.43. The summed E-state index contributed by atoms with van der Waals surface area (Å²) >= 11 is 0. The molecule has 2 heterocycles. The van der Waals surface area contributed by atoms with Gasteiger partial charge in [-0.25, -0.2) is 4.79 Å². The first-order valence-corrected chi connectivity index (χ1v) is 15.7. The lowest BCUT2D eigenvalue weighted by Crippen LogP contribution is -2.44. The molecule has 5 nitrogen and oxygen atoms in total. The monoisotopic (exact) mass is 491 g/mol. The fraction of sp³-hybridized carbons (Fsp3) is 0.464. The third-order valence-corrected chi connectivity index (χ3v) is 11.3. The molecule has 0 N–H and O–H groups in total. The number of hydrogen-bond donors (Lipinski definition) is 0. The molecule has 0 radical (unpaired) electrons. The van der Waals surface area contributed by atoms with Gasteiger partial charge in [0.05, 0.1) is 25.9 Å². The Bertz CT molecular complexity index is 1170. The van der Waals surface area contributed by atoms with Gasteiger partial charge in [0, 0.05) is 18.0 Å². The number of benzene rings is 2. The summed E-state index contributed by atoms with van der Waals surface area (Å²) in [5.74, 6) is -0.172. The van der Waals surface area contributed by atoms with Crippen molar-refractivity contribution in [2.24, 2.45) is 7.05 Å². The highest BCUT2D eigenvalue weighted by molar-refractivity contribution is 6.90. The molecular weight excluding hydrogens is 453 g/mol. The molecule has 4 rings (SSSR count). The quantitative estimate of drug-likeness (QED) is 0.295. The molecule has 0 spiro atoms. The highest BCUT2D eigenvalue weighted by atomic mass is 28.3. The SMILES string of the molecule is Cn1c(C(=O)OCC[C@@H](C[Si](C)(C)c2ccccc2)B2OC(C)(C)C(C)(C)O2)cc2ccccc21. The van der Waals surface area contributed by atoms with Crippen molar-refractivity contribution in [3.63, 3.8) is 0 Å². The maximum atomic E-state index is 13.0. The summed E-state index contributed by atoms with van der Waals surface area (Å²) in [6, 6.07) is 21.6. The van der Waals surface area contributed by atoms with Crippen LogP contribution in [0.1, 0.15) is 44.6 Å². The average molecular weight is 492 g/mol. The summed E-state index contributed by atoms with van der Waals surface area (Å²) in [4.78, 5) is 13.0. The molecule has 3 aromatic rings. The Morgan fingerprint density at radius 1 is 1.00 bits per heavy atom. The standard InChI is InChI=1S/C28H38BNO4Si/c1-27(2)28(3,4)34-29(33-27)22(20-35(6,7)23-14-9-8-10-15-23)17-18-32-26(31)25-19-21-13-11-12-16-24(21)30(25)5/h8-16,19,22H,17-18,20H2,1-7H3/t22-/m0/s1.